The number of benzene rings is 9. The molecule has 0 aliphatic carbocycles. The number of rotatable bonds is 6. The molecule has 5 heteroatoms. The van der Waals surface area contributed by atoms with Crippen molar-refractivity contribution in [2.45, 2.75) is 62.5 Å². The fourth-order valence-corrected chi connectivity index (χ4v) is 19.1. The molecule has 3 aliphatic heterocycles. The van der Waals surface area contributed by atoms with Crippen molar-refractivity contribution in [1.82, 2.24) is 0 Å². The van der Waals surface area contributed by atoms with Crippen molar-refractivity contribution in [3.63, 3.8) is 0 Å². The number of hydrogen-bond acceptors (Lipinski definition) is 2. The summed E-state index contributed by atoms with van der Waals surface area (Å²) in [4.78, 5) is 5.35. The molecule has 324 valence electrons. The molecule has 0 radical (unpaired) electrons. The Morgan fingerprint density at radius 1 is 0.478 bits per heavy atom. The smallest absolute Gasteiger partial charge is 0.249 e. The quantitative estimate of drug-likeness (QED) is 0.153. The summed E-state index contributed by atoms with van der Waals surface area (Å²) in [5.41, 5.74) is 18.2. The first-order valence-electron chi connectivity index (χ1n) is 23.9. The summed E-state index contributed by atoms with van der Waals surface area (Å²) in [6.45, 7) is 16.6. The van der Waals surface area contributed by atoms with E-state index in [1.165, 1.54) is 114 Å². The van der Waals surface area contributed by atoms with Crippen LogP contribution in [0.4, 0.5) is 17.1 Å². The predicted molar refractivity (Wildman–Crippen MR) is 296 cm³/mol. The first-order chi connectivity index (χ1) is 32.4. The molecule has 67 heavy (non-hydrogen) atoms. The van der Waals surface area contributed by atoms with Crippen LogP contribution in [0.3, 0.4) is 0 Å². The summed E-state index contributed by atoms with van der Waals surface area (Å²) in [5, 5.41) is 7.28. The fraction of sp³-hybridized carbons (Fsp3) is 0.129. The molecule has 0 saturated heterocycles. The van der Waals surface area contributed by atoms with Crippen LogP contribution in [0, 0.1) is 6.92 Å². The van der Waals surface area contributed by atoms with Gasteiger partial charge in [-0.05, 0) is 119 Å². The van der Waals surface area contributed by atoms with Gasteiger partial charge in [0, 0.05) is 26.7 Å². The van der Waals surface area contributed by atoms with E-state index in [1.807, 2.05) is 11.8 Å². The van der Waals surface area contributed by atoms with Gasteiger partial charge in [0.05, 0.1) is 13.8 Å². The minimum absolute atomic E-state index is 0.0155. The lowest BCUT2D eigenvalue weighted by Crippen LogP contribution is -2.73. The summed E-state index contributed by atoms with van der Waals surface area (Å²) in [7, 11) is -4.23. The van der Waals surface area contributed by atoms with Gasteiger partial charge in [0.15, 0.2) is 8.07 Å². The highest BCUT2D eigenvalue weighted by molar-refractivity contribution is 8.00. The van der Waals surface area contributed by atoms with Crippen LogP contribution in [0.15, 0.2) is 210 Å². The molecule has 0 unspecified atom stereocenters. The molecule has 1 nitrogen and oxygen atoms in total. The van der Waals surface area contributed by atoms with E-state index in [1.54, 1.807) is 0 Å². The standard InChI is InChI=1S/C62H54BNSSi2/c1-41-35-56-61-58(36-41)65-57-37-44(42-27-31-46(32-28-42)66(5,6)7)29-33-52(57)63(61)53-40-60-51(39-55(53)64(56)54-34-30-45(62(2,3)4)38-50(54)43-19-11-8-12-20-43)49-25-17-18-26-59(49)67(60,47-21-13-9-14-22-47)48-23-15-10-16-24-48/h8-40H,1-7H3. The molecule has 0 atom stereocenters. The van der Waals surface area contributed by atoms with Gasteiger partial charge >= 0.3 is 0 Å². The first kappa shape index (κ1) is 42.0. The van der Waals surface area contributed by atoms with Gasteiger partial charge in [-0.2, -0.15) is 0 Å². The molecular weight excluding hydrogens is 858 g/mol. The Balaban J connectivity index is 1.17. The third kappa shape index (κ3) is 6.65. The third-order valence-electron chi connectivity index (χ3n) is 14.8. The summed E-state index contributed by atoms with van der Waals surface area (Å²) in [5.74, 6) is 0. The SMILES string of the molecule is Cc1cc2c3c(c1)N(c1ccc(C(C)(C)C)cc1-c1ccccc1)c1cc4c(cc1B3c1ccc(-c3ccc([Si](C)(C)C)cc3)cc1S2)[Si](c1ccccc1)(c1ccccc1)c1ccccc1-4. The van der Waals surface area contributed by atoms with Crippen molar-refractivity contribution < 1.29 is 0 Å². The van der Waals surface area contributed by atoms with E-state index >= 15 is 0 Å². The first-order valence-corrected chi connectivity index (χ1v) is 30.2. The molecule has 0 saturated carbocycles. The second kappa shape index (κ2) is 15.6. The maximum absolute atomic E-state index is 2.80. The normalized spacial score (nSPS) is 14.2. The summed E-state index contributed by atoms with van der Waals surface area (Å²) in [6.07, 6.45) is 0. The Hall–Kier alpha value is -6.37. The Morgan fingerprint density at radius 3 is 1.79 bits per heavy atom. The Bertz CT molecular complexity index is 3370. The number of anilines is 3. The lowest BCUT2D eigenvalue weighted by molar-refractivity contribution is 0.590. The highest BCUT2D eigenvalue weighted by Crippen LogP contribution is 2.48. The molecule has 0 bridgehead atoms. The van der Waals surface area contributed by atoms with Crippen LogP contribution in [-0.4, -0.2) is 22.9 Å². The molecule has 3 aliphatic rings. The predicted octanol–water partition coefficient (Wildman–Crippen LogP) is 11.3. The van der Waals surface area contributed by atoms with Crippen LogP contribution in [0.2, 0.25) is 19.6 Å². The van der Waals surface area contributed by atoms with Crippen molar-refractivity contribution in [3.8, 4) is 33.4 Å². The lowest BCUT2D eigenvalue weighted by atomic mass is 9.34. The van der Waals surface area contributed by atoms with Crippen LogP contribution in [0.1, 0.15) is 31.9 Å². The van der Waals surface area contributed by atoms with E-state index in [2.05, 4.69) is 252 Å². The number of fused-ring (bicyclic) bond motifs is 7. The minimum Gasteiger partial charge on any atom is -0.311 e. The number of hydrogen-bond donors (Lipinski definition) is 0. The largest absolute Gasteiger partial charge is 0.311 e. The van der Waals surface area contributed by atoms with E-state index in [0.29, 0.717) is 0 Å². The second-order valence-corrected chi connectivity index (χ2v) is 30.9. The van der Waals surface area contributed by atoms with Gasteiger partial charge in [-0.1, -0.05) is 227 Å². The zero-order chi connectivity index (χ0) is 45.8. The van der Waals surface area contributed by atoms with Crippen molar-refractivity contribution in [3.05, 3.63) is 211 Å². The Labute approximate surface area is 403 Å². The number of nitrogens with zero attached hydrogens (tertiary/aromatic N) is 1. The molecule has 12 rings (SSSR count). The van der Waals surface area contributed by atoms with Crippen molar-refractivity contribution in [2.75, 3.05) is 4.90 Å². The van der Waals surface area contributed by atoms with Gasteiger partial charge in [-0.25, -0.2) is 0 Å². The molecule has 0 fully saturated rings. The average molecular weight is 912 g/mol. The molecule has 0 N–H and O–H groups in total. The van der Waals surface area contributed by atoms with Crippen molar-refractivity contribution in [1.29, 1.82) is 0 Å². The van der Waals surface area contributed by atoms with Crippen LogP contribution in [-0.2, 0) is 5.41 Å². The highest BCUT2D eigenvalue weighted by Gasteiger charge is 2.51. The maximum atomic E-state index is 2.70. The topological polar surface area (TPSA) is 3.24 Å². The average Bonchev–Trinajstić information content (AvgIpc) is 3.63. The van der Waals surface area contributed by atoms with E-state index in [4.69, 9.17) is 0 Å². The van der Waals surface area contributed by atoms with E-state index < -0.39 is 16.1 Å². The molecule has 9 aromatic carbocycles. The van der Waals surface area contributed by atoms with Crippen LogP contribution in [0.25, 0.3) is 33.4 Å². The van der Waals surface area contributed by atoms with E-state index in [-0.39, 0.29) is 12.1 Å². The molecule has 0 amide bonds. The Kier molecular flexibility index (Phi) is 9.78. The van der Waals surface area contributed by atoms with E-state index in [9.17, 15) is 0 Å². The van der Waals surface area contributed by atoms with Gasteiger partial charge in [0.25, 0.3) is 0 Å². The fourth-order valence-electron chi connectivity index (χ4n) is 11.5. The van der Waals surface area contributed by atoms with E-state index in [0.717, 1.165) is 0 Å². The zero-order valence-electron chi connectivity index (χ0n) is 39.5. The molecule has 3 heterocycles. The molecule has 0 spiro atoms. The van der Waals surface area contributed by atoms with Gasteiger partial charge < -0.3 is 4.90 Å². The Morgan fingerprint density at radius 2 is 1.12 bits per heavy atom. The van der Waals surface area contributed by atoms with Crippen LogP contribution in [0.5, 0.6) is 0 Å². The minimum atomic E-state index is -2.80. The van der Waals surface area contributed by atoms with Gasteiger partial charge in [0.2, 0.25) is 6.71 Å². The second-order valence-electron chi connectivity index (χ2n) is 21.0. The summed E-state index contributed by atoms with van der Waals surface area (Å²) >= 11 is 1.96. The van der Waals surface area contributed by atoms with Crippen molar-refractivity contribution >= 4 is 94.0 Å². The van der Waals surface area contributed by atoms with Crippen molar-refractivity contribution in [2.24, 2.45) is 0 Å². The number of aryl methyl sites for hydroxylation is 1. The summed E-state index contributed by atoms with van der Waals surface area (Å²) < 4.78 is 0. The molecule has 9 aromatic rings. The maximum Gasteiger partial charge on any atom is 0.249 e. The molecular formula is C62H54BNSSi2. The van der Waals surface area contributed by atoms with Crippen LogP contribution < -0.4 is 47.2 Å². The van der Waals surface area contributed by atoms with Crippen LogP contribution >= 0.6 is 11.8 Å². The molecule has 0 aromatic heterocycles. The summed E-state index contributed by atoms with van der Waals surface area (Å²) in [6, 6.07) is 77.6. The lowest BCUT2D eigenvalue weighted by Gasteiger charge is -2.42. The van der Waals surface area contributed by atoms with Gasteiger partial charge in [-0.15, -0.1) is 0 Å². The zero-order valence-corrected chi connectivity index (χ0v) is 42.3. The van der Waals surface area contributed by atoms with Gasteiger partial charge in [0.1, 0.15) is 0 Å². The highest BCUT2D eigenvalue weighted by atomic mass is 32.2. The third-order valence-corrected chi connectivity index (χ3v) is 22.8. The van der Waals surface area contributed by atoms with Gasteiger partial charge in [-0.3, -0.25) is 0 Å². The monoisotopic (exact) mass is 911 g/mol.